The summed E-state index contributed by atoms with van der Waals surface area (Å²) in [5.41, 5.74) is 2.25. The molecule has 1 rings (SSSR count). The van der Waals surface area contributed by atoms with Crippen LogP contribution >= 0.6 is 0 Å². The predicted octanol–water partition coefficient (Wildman–Crippen LogP) is 2.44. The van der Waals surface area contributed by atoms with Crippen molar-refractivity contribution in [3.63, 3.8) is 0 Å². The van der Waals surface area contributed by atoms with Crippen LogP contribution in [0.15, 0.2) is 18.2 Å². The molecule has 0 fully saturated rings. The zero-order chi connectivity index (χ0) is 14.8. The van der Waals surface area contributed by atoms with E-state index >= 15 is 0 Å². The second-order valence-corrected chi connectivity index (χ2v) is 5.10. The number of nitrogens with one attached hydrogen (secondary N) is 1. The number of rotatable bonds is 9. The van der Waals surface area contributed by atoms with Crippen LogP contribution in [0.3, 0.4) is 0 Å². The Morgan fingerprint density at radius 3 is 2.90 bits per heavy atom. The summed E-state index contributed by atoms with van der Waals surface area (Å²) in [5.74, 6) is 3.46. The first-order valence-corrected chi connectivity index (χ1v) is 7.15. The SMILES string of the molecule is C#CCCCCNCC(O)COc1cc(C)ccc1C. The largest absolute Gasteiger partial charge is 0.491 e. The predicted molar refractivity (Wildman–Crippen MR) is 83.0 cm³/mol. The third kappa shape index (κ3) is 6.60. The molecule has 110 valence electrons. The third-order valence-electron chi connectivity index (χ3n) is 3.08. The van der Waals surface area contributed by atoms with Gasteiger partial charge >= 0.3 is 0 Å². The van der Waals surface area contributed by atoms with Crippen molar-refractivity contribution in [2.75, 3.05) is 19.7 Å². The number of terminal acetylenes is 1. The number of aliphatic hydroxyl groups is 1. The van der Waals surface area contributed by atoms with Crippen molar-refractivity contribution in [3.8, 4) is 18.1 Å². The van der Waals surface area contributed by atoms with Gasteiger partial charge in [0, 0.05) is 13.0 Å². The normalized spacial score (nSPS) is 11.9. The van der Waals surface area contributed by atoms with Crippen LogP contribution in [0.2, 0.25) is 0 Å². The van der Waals surface area contributed by atoms with E-state index in [1.54, 1.807) is 0 Å². The summed E-state index contributed by atoms with van der Waals surface area (Å²) in [4.78, 5) is 0. The number of ether oxygens (including phenoxy) is 1. The van der Waals surface area contributed by atoms with E-state index in [1.165, 1.54) is 0 Å². The van der Waals surface area contributed by atoms with Crippen molar-refractivity contribution in [3.05, 3.63) is 29.3 Å². The van der Waals surface area contributed by atoms with E-state index in [4.69, 9.17) is 11.2 Å². The van der Waals surface area contributed by atoms with Crippen LogP contribution in [0.25, 0.3) is 0 Å². The molecule has 0 heterocycles. The van der Waals surface area contributed by atoms with E-state index in [9.17, 15) is 5.11 Å². The zero-order valence-electron chi connectivity index (χ0n) is 12.5. The van der Waals surface area contributed by atoms with Crippen molar-refractivity contribution in [2.45, 2.75) is 39.2 Å². The van der Waals surface area contributed by atoms with Crippen LogP contribution in [-0.4, -0.2) is 30.9 Å². The number of hydrogen-bond acceptors (Lipinski definition) is 3. The zero-order valence-corrected chi connectivity index (χ0v) is 12.5. The van der Waals surface area contributed by atoms with Gasteiger partial charge in [-0.3, -0.25) is 0 Å². The molecule has 1 atom stereocenters. The number of aryl methyl sites for hydroxylation is 2. The fraction of sp³-hybridized carbons (Fsp3) is 0.529. The van der Waals surface area contributed by atoms with E-state index in [-0.39, 0.29) is 0 Å². The topological polar surface area (TPSA) is 41.5 Å². The number of benzene rings is 1. The monoisotopic (exact) mass is 275 g/mol. The minimum absolute atomic E-state index is 0.307. The van der Waals surface area contributed by atoms with Gasteiger partial charge in [0.1, 0.15) is 18.5 Å². The molecule has 0 amide bonds. The lowest BCUT2D eigenvalue weighted by Crippen LogP contribution is -2.32. The molecule has 0 aliphatic carbocycles. The number of hydrogen-bond donors (Lipinski definition) is 2. The number of aliphatic hydroxyl groups excluding tert-OH is 1. The summed E-state index contributed by atoms with van der Waals surface area (Å²) >= 11 is 0. The molecule has 2 N–H and O–H groups in total. The average Bonchev–Trinajstić information content (AvgIpc) is 2.43. The molecule has 0 saturated heterocycles. The molecular formula is C17H25NO2. The van der Waals surface area contributed by atoms with Crippen LogP contribution in [0.5, 0.6) is 5.75 Å². The van der Waals surface area contributed by atoms with Gasteiger partial charge < -0.3 is 15.2 Å². The Balaban J connectivity index is 2.18. The van der Waals surface area contributed by atoms with Gasteiger partial charge in [-0.1, -0.05) is 12.1 Å². The van der Waals surface area contributed by atoms with Gasteiger partial charge in [0.05, 0.1) is 0 Å². The van der Waals surface area contributed by atoms with Crippen LogP contribution in [0.4, 0.5) is 0 Å². The highest BCUT2D eigenvalue weighted by atomic mass is 16.5. The minimum Gasteiger partial charge on any atom is -0.491 e. The lowest BCUT2D eigenvalue weighted by atomic mass is 10.1. The summed E-state index contributed by atoms with van der Waals surface area (Å²) in [5, 5.41) is 13.1. The van der Waals surface area contributed by atoms with Gasteiger partial charge in [0.15, 0.2) is 0 Å². The quantitative estimate of drug-likeness (QED) is 0.537. The molecule has 0 bridgehead atoms. The van der Waals surface area contributed by atoms with Crippen molar-refractivity contribution in [1.29, 1.82) is 0 Å². The van der Waals surface area contributed by atoms with Crippen LogP contribution in [-0.2, 0) is 0 Å². The smallest absolute Gasteiger partial charge is 0.122 e. The Kier molecular flexibility index (Phi) is 7.79. The Bertz CT molecular complexity index is 437. The van der Waals surface area contributed by atoms with Crippen molar-refractivity contribution >= 4 is 0 Å². The van der Waals surface area contributed by atoms with E-state index in [2.05, 4.69) is 17.3 Å². The lowest BCUT2D eigenvalue weighted by Gasteiger charge is -2.15. The summed E-state index contributed by atoms with van der Waals surface area (Å²) < 4.78 is 5.66. The Morgan fingerprint density at radius 1 is 1.35 bits per heavy atom. The summed E-state index contributed by atoms with van der Waals surface area (Å²) in [6.07, 6.45) is 7.57. The average molecular weight is 275 g/mol. The molecule has 1 aromatic carbocycles. The highest BCUT2D eigenvalue weighted by molar-refractivity contribution is 5.35. The Hall–Kier alpha value is -1.50. The van der Waals surface area contributed by atoms with Crippen LogP contribution < -0.4 is 10.1 Å². The van der Waals surface area contributed by atoms with E-state index in [0.717, 1.165) is 42.7 Å². The van der Waals surface area contributed by atoms with Crippen molar-refractivity contribution in [1.82, 2.24) is 5.32 Å². The molecule has 0 aliphatic heterocycles. The first kappa shape index (κ1) is 16.6. The maximum Gasteiger partial charge on any atom is 0.122 e. The maximum absolute atomic E-state index is 9.85. The molecule has 3 nitrogen and oxygen atoms in total. The fourth-order valence-electron chi connectivity index (χ4n) is 1.85. The number of unbranched alkanes of at least 4 members (excludes halogenated alkanes) is 2. The van der Waals surface area contributed by atoms with Crippen molar-refractivity contribution < 1.29 is 9.84 Å². The van der Waals surface area contributed by atoms with Crippen molar-refractivity contribution in [2.24, 2.45) is 0 Å². The Morgan fingerprint density at radius 2 is 2.15 bits per heavy atom. The fourth-order valence-corrected chi connectivity index (χ4v) is 1.85. The molecule has 0 spiro atoms. The molecule has 0 radical (unpaired) electrons. The van der Waals surface area contributed by atoms with E-state index < -0.39 is 6.10 Å². The highest BCUT2D eigenvalue weighted by Crippen LogP contribution is 2.19. The molecule has 0 aromatic heterocycles. The van der Waals surface area contributed by atoms with Gasteiger partial charge in [0.25, 0.3) is 0 Å². The van der Waals surface area contributed by atoms with Gasteiger partial charge in [-0.2, -0.15) is 0 Å². The molecule has 0 saturated carbocycles. The lowest BCUT2D eigenvalue weighted by molar-refractivity contribution is 0.106. The molecule has 3 heteroatoms. The second kappa shape index (κ2) is 9.41. The summed E-state index contributed by atoms with van der Waals surface area (Å²) in [6, 6.07) is 6.08. The van der Waals surface area contributed by atoms with Crippen LogP contribution in [0, 0.1) is 26.2 Å². The first-order valence-electron chi connectivity index (χ1n) is 7.15. The molecule has 1 unspecified atom stereocenters. The van der Waals surface area contributed by atoms with E-state index in [1.807, 2.05) is 26.0 Å². The Labute approximate surface area is 122 Å². The van der Waals surface area contributed by atoms with Crippen LogP contribution in [0.1, 0.15) is 30.4 Å². The first-order chi connectivity index (χ1) is 9.63. The molecule has 20 heavy (non-hydrogen) atoms. The maximum atomic E-state index is 9.85. The van der Waals surface area contributed by atoms with Gasteiger partial charge in [-0.15, -0.1) is 12.3 Å². The summed E-state index contributed by atoms with van der Waals surface area (Å²) in [6.45, 7) is 5.76. The summed E-state index contributed by atoms with van der Waals surface area (Å²) in [7, 11) is 0. The van der Waals surface area contributed by atoms with E-state index in [0.29, 0.717) is 13.2 Å². The van der Waals surface area contributed by atoms with Gasteiger partial charge in [-0.25, -0.2) is 0 Å². The van der Waals surface area contributed by atoms with Gasteiger partial charge in [0.2, 0.25) is 0 Å². The minimum atomic E-state index is -0.498. The molecule has 0 aliphatic rings. The standard InChI is InChI=1S/C17H25NO2/c1-4-5-6-7-10-18-12-16(19)13-20-17-11-14(2)8-9-15(17)3/h1,8-9,11,16,18-19H,5-7,10,12-13H2,2-3H3. The molecular weight excluding hydrogens is 250 g/mol. The van der Waals surface area contributed by atoms with Gasteiger partial charge in [-0.05, 0) is 50.4 Å². The second-order valence-electron chi connectivity index (χ2n) is 5.10. The third-order valence-corrected chi connectivity index (χ3v) is 3.08. The highest BCUT2D eigenvalue weighted by Gasteiger charge is 2.06. The molecule has 1 aromatic rings.